The van der Waals surface area contributed by atoms with E-state index in [9.17, 15) is 58.9 Å². The lowest BCUT2D eigenvalue weighted by Gasteiger charge is -2.43. The molecule has 8 N–H and O–H groups in total. The third kappa shape index (κ3) is 33.7. The van der Waals surface area contributed by atoms with E-state index in [4.69, 9.17) is 18.5 Å². The Balaban J connectivity index is 2.63. The summed E-state index contributed by atoms with van der Waals surface area (Å²) in [4.78, 5) is 54.4. The van der Waals surface area contributed by atoms with Gasteiger partial charge in [-0.3, -0.25) is 23.2 Å². The highest BCUT2D eigenvalue weighted by atomic mass is 31.2. The highest BCUT2D eigenvalue weighted by Gasteiger charge is 2.54. The molecule has 0 aromatic carbocycles. The molecule has 6 unspecified atom stereocenters. The van der Waals surface area contributed by atoms with Crippen molar-refractivity contribution in [3.63, 3.8) is 0 Å². The van der Waals surface area contributed by atoms with Gasteiger partial charge in [0.05, 0.1) is 12.7 Å². The van der Waals surface area contributed by atoms with Crippen LogP contribution < -0.4 is 0 Å². The van der Waals surface area contributed by atoms with Crippen molar-refractivity contribution in [3.05, 3.63) is 36.5 Å². The van der Waals surface area contributed by atoms with Crippen molar-refractivity contribution in [2.75, 3.05) is 13.2 Å². The number of carbonyl (C=O) groups is 2. The summed E-state index contributed by atoms with van der Waals surface area (Å²) >= 11 is 0. The average molecular weight is 1010 g/mol. The normalized spacial score (nSPS) is 22.0. The Bertz CT molecular complexity index is 1470. The highest BCUT2D eigenvalue weighted by Crippen LogP contribution is 2.49. The Labute approximate surface area is 407 Å². The first-order valence-corrected chi connectivity index (χ1v) is 28.7. The smallest absolute Gasteiger partial charge is 0.462 e. The number of phosphoric ester groups is 2. The van der Waals surface area contributed by atoms with Crippen molar-refractivity contribution in [1.29, 1.82) is 0 Å². The molecule has 0 heterocycles. The Hall–Kier alpha value is -1.82. The summed E-state index contributed by atoms with van der Waals surface area (Å²) in [6, 6.07) is 0. The summed E-state index contributed by atoms with van der Waals surface area (Å²) in [7, 11) is -10.7. The minimum Gasteiger partial charge on any atom is -0.462 e. The fraction of sp³-hybridized carbons (Fsp3) is 0.837. The van der Waals surface area contributed by atoms with Crippen LogP contribution in [0.25, 0.3) is 0 Å². The number of rotatable bonds is 43. The van der Waals surface area contributed by atoms with E-state index in [1.54, 1.807) is 12.2 Å². The lowest BCUT2D eigenvalue weighted by atomic mass is 9.85. The predicted molar refractivity (Wildman–Crippen MR) is 261 cm³/mol. The largest absolute Gasteiger partial charge is 0.472 e. The van der Waals surface area contributed by atoms with Gasteiger partial charge in [0.15, 0.2) is 6.10 Å². The molecule has 0 aromatic rings. The van der Waals surface area contributed by atoms with Gasteiger partial charge in [0.25, 0.3) is 0 Å². The van der Waals surface area contributed by atoms with Gasteiger partial charge in [-0.2, -0.15) is 0 Å². The minimum atomic E-state index is -5.39. The van der Waals surface area contributed by atoms with E-state index >= 15 is 0 Å². The van der Waals surface area contributed by atoms with Crippen molar-refractivity contribution in [2.24, 2.45) is 0 Å². The minimum absolute atomic E-state index is 0.0851. The van der Waals surface area contributed by atoms with Gasteiger partial charge in [0.1, 0.15) is 43.2 Å². The second-order valence-electron chi connectivity index (χ2n) is 18.1. The van der Waals surface area contributed by atoms with Gasteiger partial charge >= 0.3 is 27.6 Å². The number of hydrogen-bond acceptors (Lipinski definition) is 14. The van der Waals surface area contributed by atoms with Crippen LogP contribution in [0.2, 0.25) is 0 Å². The number of esters is 2. The van der Waals surface area contributed by atoms with Crippen LogP contribution in [-0.4, -0.2) is 114 Å². The van der Waals surface area contributed by atoms with E-state index in [0.717, 1.165) is 38.5 Å². The van der Waals surface area contributed by atoms with Crippen molar-refractivity contribution in [2.45, 2.75) is 249 Å². The molecule has 0 aliphatic heterocycles. The van der Waals surface area contributed by atoms with Crippen molar-refractivity contribution >= 4 is 27.6 Å². The molecule has 1 saturated carbocycles. The third-order valence-corrected chi connectivity index (χ3v) is 13.3. The molecular weight excluding hydrogens is 922 g/mol. The van der Waals surface area contributed by atoms with Gasteiger partial charge < -0.3 is 49.7 Å². The molecular formula is C49H90O17P2. The first-order valence-electron chi connectivity index (χ1n) is 25.6. The zero-order chi connectivity index (χ0) is 50.5. The van der Waals surface area contributed by atoms with Gasteiger partial charge in [0, 0.05) is 12.8 Å². The molecule has 19 heteroatoms. The summed E-state index contributed by atoms with van der Waals surface area (Å²) in [5.74, 6) is -1.39. The van der Waals surface area contributed by atoms with Crippen molar-refractivity contribution in [3.8, 4) is 0 Å². The summed E-state index contributed by atoms with van der Waals surface area (Å²) in [6.07, 6.45) is 25.4. The van der Waals surface area contributed by atoms with Crippen LogP contribution in [0.3, 0.4) is 0 Å². The van der Waals surface area contributed by atoms with Gasteiger partial charge in [0.2, 0.25) is 0 Å². The van der Waals surface area contributed by atoms with Crippen molar-refractivity contribution < 1.29 is 82.0 Å². The van der Waals surface area contributed by atoms with E-state index in [1.165, 1.54) is 116 Å². The maximum absolute atomic E-state index is 13.0. The zero-order valence-electron chi connectivity index (χ0n) is 41.1. The quantitative estimate of drug-likeness (QED) is 0.00929. The maximum Gasteiger partial charge on any atom is 0.472 e. The first-order chi connectivity index (χ1) is 32.5. The number of aliphatic hydroxyl groups is 5. The van der Waals surface area contributed by atoms with Gasteiger partial charge in [-0.1, -0.05) is 185 Å². The zero-order valence-corrected chi connectivity index (χ0v) is 42.9. The van der Waals surface area contributed by atoms with Gasteiger partial charge in [-0.05, 0) is 38.5 Å². The van der Waals surface area contributed by atoms with Crippen LogP contribution in [0.1, 0.15) is 200 Å². The van der Waals surface area contributed by atoms with E-state index in [0.29, 0.717) is 6.42 Å². The summed E-state index contributed by atoms with van der Waals surface area (Å²) < 4.78 is 49.3. The van der Waals surface area contributed by atoms with E-state index < -0.39 is 89.6 Å². The SMILES string of the molecule is CCCCCCCC/C=C/C/C=C/C=C/C(O)CCCC(=O)O[C@H](COC(=O)CCCCCCCCCCCCCCCCCCC)COP(=O)(O)O[C@H]1C(O)C(O)C(O)[C@@H](OP(=O)(O)O)C1O. The molecule has 0 aromatic heterocycles. The summed E-state index contributed by atoms with van der Waals surface area (Å²) in [5.41, 5.74) is 0. The lowest BCUT2D eigenvalue weighted by Crippen LogP contribution is -2.64. The van der Waals surface area contributed by atoms with Crippen LogP contribution in [0, 0.1) is 0 Å². The molecule has 1 rings (SSSR count). The average Bonchev–Trinajstić information content (AvgIpc) is 3.29. The summed E-state index contributed by atoms with van der Waals surface area (Å²) in [6.45, 7) is 2.97. The third-order valence-electron chi connectivity index (χ3n) is 11.8. The highest BCUT2D eigenvalue weighted by molar-refractivity contribution is 7.47. The maximum atomic E-state index is 13.0. The number of hydrogen-bond donors (Lipinski definition) is 8. The molecule has 0 saturated heterocycles. The number of aliphatic hydroxyl groups excluding tert-OH is 5. The molecule has 0 bridgehead atoms. The molecule has 0 radical (unpaired) electrons. The van der Waals surface area contributed by atoms with Gasteiger partial charge in [-0.25, -0.2) is 9.13 Å². The first kappa shape index (κ1) is 64.2. The van der Waals surface area contributed by atoms with Crippen LogP contribution in [0.5, 0.6) is 0 Å². The Kier molecular flexibility index (Phi) is 37.5. The van der Waals surface area contributed by atoms with Crippen molar-refractivity contribution in [1.82, 2.24) is 0 Å². The Morgan fingerprint density at radius 3 is 1.56 bits per heavy atom. The number of unbranched alkanes of at least 4 members (excludes halogenated alkanes) is 22. The van der Waals surface area contributed by atoms with Crippen LogP contribution in [-0.2, 0) is 41.8 Å². The molecule has 398 valence electrons. The predicted octanol–water partition coefficient (Wildman–Crippen LogP) is 9.26. The van der Waals surface area contributed by atoms with Crippen LogP contribution in [0.15, 0.2) is 36.5 Å². The number of allylic oxidation sites excluding steroid dienone is 5. The molecule has 68 heavy (non-hydrogen) atoms. The molecule has 17 nitrogen and oxygen atoms in total. The second-order valence-corrected chi connectivity index (χ2v) is 20.7. The second kappa shape index (κ2) is 39.8. The summed E-state index contributed by atoms with van der Waals surface area (Å²) in [5, 5.41) is 51.7. The monoisotopic (exact) mass is 1010 g/mol. The van der Waals surface area contributed by atoms with Crippen LogP contribution in [0.4, 0.5) is 0 Å². The van der Waals surface area contributed by atoms with E-state index in [1.807, 2.05) is 12.2 Å². The van der Waals surface area contributed by atoms with Crippen LogP contribution >= 0.6 is 15.6 Å². The Morgan fingerprint density at radius 2 is 1.03 bits per heavy atom. The number of phosphoric acid groups is 2. The van der Waals surface area contributed by atoms with Gasteiger partial charge in [-0.15, -0.1) is 0 Å². The molecule has 0 spiro atoms. The van der Waals surface area contributed by atoms with E-state index in [-0.39, 0.29) is 25.7 Å². The lowest BCUT2D eigenvalue weighted by molar-refractivity contribution is -0.216. The topological polar surface area (TPSA) is 276 Å². The van der Waals surface area contributed by atoms with E-state index in [2.05, 4.69) is 30.5 Å². The number of carbonyl (C=O) groups excluding carboxylic acids is 2. The number of ether oxygens (including phenoxy) is 2. The molecule has 9 atom stereocenters. The fourth-order valence-electron chi connectivity index (χ4n) is 7.80. The molecule has 0 amide bonds. The Morgan fingerprint density at radius 1 is 0.544 bits per heavy atom. The molecule has 1 aliphatic carbocycles. The fourth-order valence-corrected chi connectivity index (χ4v) is 9.34. The standard InChI is InChI=1S/C49H90O17P2/c1-3-5-7-9-11-13-15-17-18-19-20-22-24-26-28-30-32-36-42(51)62-38-41(39-63-68(60,61)66-49-46(55)44(53)45(54)48(47(49)56)65-67(57,58)59)64-43(52)37-33-35-40(50)34-31-29-27-25-23-21-16-14-12-10-8-6-4-2/h21,23,27,29,31,34,40-41,44-50,53-56H,3-20,22,24-26,28,30,32-33,35-39H2,1-2H3,(H,60,61)(H2,57,58,59)/b23-21+,29-27+,34-31+/t40?,41-,44?,45?,46?,47?,48-,49+/m1/s1. The molecule has 1 aliphatic rings. The molecule has 1 fully saturated rings.